The molecule has 0 fully saturated rings. The normalized spacial score (nSPS) is 10.5. The SMILES string of the molecule is C=CCN(Cc1nc(-c2ccc(OC)cc2)no1)C(=O)c1cc([N+](=O)[O-])ccc1Cl. The molecular weight excluding hydrogens is 412 g/mol. The van der Waals surface area contributed by atoms with Crippen molar-refractivity contribution < 1.29 is 19.0 Å². The van der Waals surface area contributed by atoms with Gasteiger partial charge < -0.3 is 14.2 Å². The zero-order valence-electron chi connectivity index (χ0n) is 15.9. The lowest BCUT2D eigenvalue weighted by Gasteiger charge is -2.19. The first-order chi connectivity index (χ1) is 14.4. The molecule has 0 unspecified atom stereocenters. The molecule has 30 heavy (non-hydrogen) atoms. The van der Waals surface area contributed by atoms with Gasteiger partial charge in [0.15, 0.2) is 0 Å². The average Bonchev–Trinajstić information content (AvgIpc) is 3.21. The number of hydrogen-bond donors (Lipinski definition) is 0. The van der Waals surface area contributed by atoms with Crippen LogP contribution in [0.4, 0.5) is 5.69 Å². The lowest BCUT2D eigenvalue weighted by Crippen LogP contribution is -2.31. The van der Waals surface area contributed by atoms with E-state index in [1.54, 1.807) is 31.4 Å². The number of carbonyl (C=O) groups excluding carboxylic acids is 1. The van der Waals surface area contributed by atoms with Crippen LogP contribution in [-0.2, 0) is 6.54 Å². The van der Waals surface area contributed by atoms with Gasteiger partial charge in [-0.1, -0.05) is 22.8 Å². The van der Waals surface area contributed by atoms with Crippen molar-refractivity contribution in [1.82, 2.24) is 15.0 Å². The first kappa shape index (κ1) is 21.0. The summed E-state index contributed by atoms with van der Waals surface area (Å²) in [4.78, 5) is 29.1. The van der Waals surface area contributed by atoms with E-state index in [0.717, 1.165) is 6.07 Å². The third kappa shape index (κ3) is 4.64. The van der Waals surface area contributed by atoms with E-state index in [4.69, 9.17) is 20.9 Å². The third-order valence-corrected chi connectivity index (χ3v) is 4.50. The summed E-state index contributed by atoms with van der Waals surface area (Å²) in [7, 11) is 1.57. The quantitative estimate of drug-likeness (QED) is 0.301. The van der Waals surface area contributed by atoms with Crippen LogP contribution in [0.3, 0.4) is 0 Å². The van der Waals surface area contributed by atoms with E-state index in [-0.39, 0.29) is 35.3 Å². The molecule has 10 heteroatoms. The van der Waals surface area contributed by atoms with Crippen molar-refractivity contribution in [2.45, 2.75) is 6.54 Å². The van der Waals surface area contributed by atoms with Crippen molar-refractivity contribution in [3.8, 4) is 17.1 Å². The number of amides is 1. The Morgan fingerprint density at radius 1 is 1.33 bits per heavy atom. The molecule has 2 aromatic carbocycles. The van der Waals surface area contributed by atoms with E-state index in [1.807, 2.05) is 0 Å². The van der Waals surface area contributed by atoms with Crippen molar-refractivity contribution in [2.24, 2.45) is 0 Å². The number of rotatable bonds is 8. The molecule has 3 aromatic rings. The molecule has 0 saturated carbocycles. The van der Waals surface area contributed by atoms with E-state index in [0.29, 0.717) is 17.1 Å². The number of nitrogens with zero attached hydrogens (tertiary/aromatic N) is 4. The number of ether oxygens (including phenoxy) is 1. The molecule has 0 aliphatic carbocycles. The highest BCUT2D eigenvalue weighted by molar-refractivity contribution is 6.33. The van der Waals surface area contributed by atoms with Gasteiger partial charge in [-0.15, -0.1) is 6.58 Å². The summed E-state index contributed by atoms with van der Waals surface area (Å²) >= 11 is 6.09. The van der Waals surface area contributed by atoms with Crippen molar-refractivity contribution in [2.75, 3.05) is 13.7 Å². The smallest absolute Gasteiger partial charge is 0.270 e. The second-order valence-electron chi connectivity index (χ2n) is 6.14. The maximum atomic E-state index is 12.9. The summed E-state index contributed by atoms with van der Waals surface area (Å²) in [5.74, 6) is 0.719. The Balaban J connectivity index is 1.83. The fourth-order valence-electron chi connectivity index (χ4n) is 2.68. The van der Waals surface area contributed by atoms with Gasteiger partial charge in [0.1, 0.15) is 12.3 Å². The molecule has 1 aromatic heterocycles. The molecular formula is C20H17ClN4O5. The lowest BCUT2D eigenvalue weighted by molar-refractivity contribution is -0.384. The minimum atomic E-state index is -0.593. The summed E-state index contributed by atoms with van der Waals surface area (Å²) in [5, 5.41) is 15.1. The first-order valence-electron chi connectivity index (χ1n) is 8.74. The number of methoxy groups -OCH3 is 1. The number of benzene rings is 2. The summed E-state index contributed by atoms with van der Waals surface area (Å²) < 4.78 is 10.4. The molecule has 0 N–H and O–H groups in total. The van der Waals surface area contributed by atoms with Gasteiger partial charge in [-0.2, -0.15) is 4.98 Å². The van der Waals surface area contributed by atoms with Crippen LogP contribution in [0.5, 0.6) is 5.75 Å². The Morgan fingerprint density at radius 3 is 2.70 bits per heavy atom. The molecule has 0 atom stereocenters. The monoisotopic (exact) mass is 428 g/mol. The minimum absolute atomic E-state index is 0.00242. The van der Waals surface area contributed by atoms with Crippen LogP contribution in [-0.4, -0.2) is 39.5 Å². The Hall–Kier alpha value is -3.72. The van der Waals surface area contributed by atoms with Gasteiger partial charge in [-0.25, -0.2) is 0 Å². The number of nitro benzene ring substituents is 1. The van der Waals surface area contributed by atoms with E-state index in [2.05, 4.69) is 16.7 Å². The van der Waals surface area contributed by atoms with Crippen molar-refractivity contribution in [1.29, 1.82) is 0 Å². The second-order valence-corrected chi connectivity index (χ2v) is 6.54. The predicted octanol–water partition coefficient (Wildman–Crippen LogP) is 4.14. The van der Waals surface area contributed by atoms with Crippen LogP contribution in [0.15, 0.2) is 59.6 Å². The highest BCUT2D eigenvalue weighted by Crippen LogP contribution is 2.25. The highest BCUT2D eigenvalue weighted by Gasteiger charge is 2.23. The van der Waals surface area contributed by atoms with Crippen LogP contribution >= 0.6 is 11.6 Å². The molecule has 154 valence electrons. The largest absolute Gasteiger partial charge is 0.497 e. The molecule has 1 amide bonds. The van der Waals surface area contributed by atoms with Crippen molar-refractivity contribution in [3.63, 3.8) is 0 Å². The summed E-state index contributed by atoms with van der Waals surface area (Å²) in [6.45, 7) is 3.77. The van der Waals surface area contributed by atoms with Gasteiger partial charge in [0.05, 0.1) is 22.6 Å². The Morgan fingerprint density at radius 2 is 2.07 bits per heavy atom. The molecule has 0 aliphatic rings. The number of halogens is 1. The van der Waals surface area contributed by atoms with Gasteiger partial charge in [-0.3, -0.25) is 14.9 Å². The second kappa shape index (κ2) is 9.19. The summed E-state index contributed by atoms with van der Waals surface area (Å²) in [5.41, 5.74) is 0.484. The van der Waals surface area contributed by atoms with Gasteiger partial charge in [-0.05, 0) is 30.3 Å². The zero-order chi connectivity index (χ0) is 21.7. The van der Waals surface area contributed by atoms with E-state index in [9.17, 15) is 14.9 Å². The zero-order valence-corrected chi connectivity index (χ0v) is 16.7. The van der Waals surface area contributed by atoms with Crippen LogP contribution in [0.1, 0.15) is 16.2 Å². The van der Waals surface area contributed by atoms with Gasteiger partial charge in [0.25, 0.3) is 11.6 Å². The maximum Gasteiger partial charge on any atom is 0.270 e. The van der Waals surface area contributed by atoms with Crippen LogP contribution in [0.25, 0.3) is 11.4 Å². The van der Waals surface area contributed by atoms with Crippen LogP contribution < -0.4 is 4.74 Å². The fraction of sp³-hybridized carbons (Fsp3) is 0.150. The highest BCUT2D eigenvalue weighted by atomic mass is 35.5. The molecule has 0 bridgehead atoms. The lowest BCUT2D eigenvalue weighted by atomic mass is 10.1. The summed E-state index contributed by atoms with van der Waals surface area (Å²) in [6.07, 6.45) is 1.52. The molecule has 3 rings (SSSR count). The summed E-state index contributed by atoms with van der Waals surface area (Å²) in [6, 6.07) is 10.8. The van der Waals surface area contributed by atoms with E-state index < -0.39 is 10.8 Å². The van der Waals surface area contributed by atoms with Gasteiger partial charge in [0.2, 0.25) is 11.7 Å². The topological polar surface area (TPSA) is 112 Å². The van der Waals surface area contributed by atoms with E-state index >= 15 is 0 Å². The number of hydrogen-bond acceptors (Lipinski definition) is 7. The molecule has 0 radical (unpaired) electrons. The molecule has 0 saturated heterocycles. The third-order valence-electron chi connectivity index (χ3n) is 4.17. The van der Waals surface area contributed by atoms with Crippen molar-refractivity contribution >= 4 is 23.2 Å². The molecule has 0 aliphatic heterocycles. The van der Waals surface area contributed by atoms with Crippen LogP contribution in [0.2, 0.25) is 5.02 Å². The Labute approximate surface area is 176 Å². The number of carbonyl (C=O) groups is 1. The first-order valence-corrected chi connectivity index (χ1v) is 9.12. The number of non-ortho nitro benzene ring substituents is 1. The van der Waals surface area contributed by atoms with E-state index in [1.165, 1.54) is 23.1 Å². The Bertz CT molecular complexity index is 1080. The van der Waals surface area contributed by atoms with Gasteiger partial charge in [0, 0.05) is 24.2 Å². The predicted molar refractivity (Wildman–Crippen MR) is 109 cm³/mol. The number of aromatic nitrogens is 2. The minimum Gasteiger partial charge on any atom is -0.497 e. The fourth-order valence-corrected chi connectivity index (χ4v) is 2.87. The molecule has 9 nitrogen and oxygen atoms in total. The van der Waals surface area contributed by atoms with Gasteiger partial charge >= 0.3 is 0 Å². The number of nitro groups is 1. The standard InChI is InChI=1S/C20H17ClN4O5/c1-3-10-24(20(26)16-11-14(25(27)28)6-9-17(16)21)12-18-22-19(23-30-18)13-4-7-15(29-2)8-5-13/h3-9,11H,1,10,12H2,2H3. The molecule has 0 spiro atoms. The average molecular weight is 429 g/mol. The van der Waals surface area contributed by atoms with Crippen molar-refractivity contribution in [3.05, 3.63) is 81.7 Å². The Kier molecular flexibility index (Phi) is 6.43. The maximum absolute atomic E-state index is 12.9. The van der Waals surface area contributed by atoms with Crippen LogP contribution in [0, 0.1) is 10.1 Å². The molecule has 1 heterocycles.